The summed E-state index contributed by atoms with van der Waals surface area (Å²) >= 11 is 11.9. The van der Waals surface area contributed by atoms with Crippen LogP contribution in [0.2, 0.25) is 5.02 Å². The minimum atomic E-state index is 0.455. The lowest BCUT2D eigenvalue weighted by molar-refractivity contribution is 0.305. The van der Waals surface area contributed by atoms with Crippen molar-refractivity contribution < 1.29 is 4.74 Å². The first kappa shape index (κ1) is 14.2. The molecule has 0 N–H and O–H groups in total. The van der Waals surface area contributed by atoms with Crippen LogP contribution in [0.3, 0.4) is 0 Å². The third kappa shape index (κ3) is 3.43. The molecule has 0 atom stereocenters. The Morgan fingerprint density at radius 2 is 1.74 bits per heavy atom. The Bertz CT molecular complexity index is 559. The Morgan fingerprint density at radius 3 is 2.32 bits per heavy atom. The molecular formula is C16H16Cl2O. The number of alkyl halides is 1. The van der Waals surface area contributed by atoms with Crippen LogP contribution >= 0.6 is 23.2 Å². The molecule has 3 heteroatoms. The zero-order valence-corrected chi connectivity index (χ0v) is 12.6. The van der Waals surface area contributed by atoms with Crippen molar-refractivity contribution in [2.45, 2.75) is 26.3 Å². The quantitative estimate of drug-likeness (QED) is 0.698. The lowest BCUT2D eigenvalue weighted by atomic mass is 10.0. The van der Waals surface area contributed by atoms with E-state index >= 15 is 0 Å². The van der Waals surface area contributed by atoms with Crippen LogP contribution in [-0.2, 0) is 12.5 Å². The van der Waals surface area contributed by atoms with Gasteiger partial charge in [-0.25, -0.2) is 0 Å². The number of ether oxygens (including phenoxy) is 1. The molecule has 0 aliphatic carbocycles. The summed E-state index contributed by atoms with van der Waals surface area (Å²) in [5.41, 5.74) is 4.66. The molecule has 0 bridgehead atoms. The summed E-state index contributed by atoms with van der Waals surface area (Å²) in [6.45, 7) is 4.70. The van der Waals surface area contributed by atoms with Gasteiger partial charge in [0.25, 0.3) is 0 Å². The Kier molecular flexibility index (Phi) is 4.73. The maximum absolute atomic E-state index is 6.17. The predicted octanol–water partition coefficient (Wildman–Crippen LogP) is 5.27. The topological polar surface area (TPSA) is 9.23 Å². The highest BCUT2D eigenvalue weighted by molar-refractivity contribution is 6.32. The molecule has 0 unspecified atom stereocenters. The van der Waals surface area contributed by atoms with Crippen molar-refractivity contribution in [3.05, 3.63) is 63.7 Å². The second kappa shape index (κ2) is 6.31. The molecule has 0 heterocycles. The van der Waals surface area contributed by atoms with Crippen LogP contribution in [0.4, 0.5) is 0 Å². The van der Waals surface area contributed by atoms with E-state index in [1.54, 1.807) is 0 Å². The summed E-state index contributed by atoms with van der Waals surface area (Å²) in [5.74, 6) is 1.15. The molecule has 2 aromatic rings. The van der Waals surface area contributed by atoms with Gasteiger partial charge in [0.2, 0.25) is 0 Å². The highest BCUT2D eigenvalue weighted by atomic mass is 35.5. The van der Waals surface area contributed by atoms with Gasteiger partial charge in [-0.05, 0) is 48.2 Å². The fraction of sp³-hybridized carbons (Fsp3) is 0.250. The molecule has 19 heavy (non-hydrogen) atoms. The first-order valence-electron chi connectivity index (χ1n) is 6.14. The smallest absolute Gasteiger partial charge is 0.138 e. The molecule has 0 spiro atoms. The van der Waals surface area contributed by atoms with E-state index in [1.165, 1.54) is 16.7 Å². The zero-order chi connectivity index (χ0) is 13.8. The summed E-state index contributed by atoms with van der Waals surface area (Å²) in [6, 6.07) is 11.9. The van der Waals surface area contributed by atoms with Crippen molar-refractivity contribution in [2.24, 2.45) is 0 Å². The second-order valence-electron chi connectivity index (χ2n) is 4.56. The highest BCUT2D eigenvalue weighted by Gasteiger charge is 2.06. The molecule has 0 saturated carbocycles. The van der Waals surface area contributed by atoms with Crippen LogP contribution in [0, 0.1) is 13.8 Å². The maximum Gasteiger partial charge on any atom is 0.138 e. The van der Waals surface area contributed by atoms with Gasteiger partial charge in [0.15, 0.2) is 0 Å². The number of benzene rings is 2. The Hall–Kier alpha value is -1.18. The number of rotatable bonds is 4. The van der Waals surface area contributed by atoms with Crippen molar-refractivity contribution in [1.29, 1.82) is 0 Å². The SMILES string of the molecule is Cc1cccc(C)c1COc1ccc(CCl)cc1Cl. The van der Waals surface area contributed by atoms with Gasteiger partial charge >= 0.3 is 0 Å². The van der Waals surface area contributed by atoms with Crippen molar-refractivity contribution in [2.75, 3.05) is 0 Å². The summed E-state index contributed by atoms with van der Waals surface area (Å²) in [5, 5.41) is 0.601. The van der Waals surface area contributed by atoms with Crippen LogP contribution in [0.5, 0.6) is 5.75 Å². The molecule has 0 amide bonds. The summed E-state index contributed by atoms with van der Waals surface area (Å²) in [6.07, 6.45) is 0. The van der Waals surface area contributed by atoms with E-state index in [4.69, 9.17) is 27.9 Å². The number of halogens is 2. The monoisotopic (exact) mass is 294 g/mol. The first-order valence-corrected chi connectivity index (χ1v) is 7.05. The number of hydrogen-bond acceptors (Lipinski definition) is 1. The third-order valence-corrected chi connectivity index (χ3v) is 3.77. The standard InChI is InChI=1S/C16H16Cl2O/c1-11-4-3-5-12(2)14(11)10-19-16-7-6-13(9-17)8-15(16)18/h3-8H,9-10H2,1-2H3. The molecule has 0 aromatic heterocycles. The summed E-state index contributed by atoms with van der Waals surface area (Å²) < 4.78 is 5.81. The summed E-state index contributed by atoms with van der Waals surface area (Å²) in [7, 11) is 0. The Morgan fingerprint density at radius 1 is 1.05 bits per heavy atom. The molecule has 0 aliphatic rings. The predicted molar refractivity (Wildman–Crippen MR) is 81.3 cm³/mol. The van der Waals surface area contributed by atoms with E-state index in [2.05, 4.69) is 32.0 Å². The molecule has 100 valence electrons. The molecule has 1 nitrogen and oxygen atoms in total. The first-order chi connectivity index (χ1) is 9.11. The van der Waals surface area contributed by atoms with E-state index in [0.29, 0.717) is 23.3 Å². The van der Waals surface area contributed by atoms with Crippen LogP contribution in [0.1, 0.15) is 22.3 Å². The van der Waals surface area contributed by atoms with Crippen molar-refractivity contribution in [3.8, 4) is 5.75 Å². The van der Waals surface area contributed by atoms with Gasteiger partial charge in [0, 0.05) is 5.88 Å². The molecule has 0 saturated heterocycles. The van der Waals surface area contributed by atoms with Crippen molar-refractivity contribution in [3.63, 3.8) is 0 Å². The fourth-order valence-electron chi connectivity index (χ4n) is 1.97. The molecular weight excluding hydrogens is 279 g/mol. The largest absolute Gasteiger partial charge is 0.487 e. The Balaban J connectivity index is 2.15. The maximum atomic E-state index is 6.17. The number of aryl methyl sites for hydroxylation is 2. The van der Waals surface area contributed by atoms with Gasteiger partial charge in [0.1, 0.15) is 12.4 Å². The average molecular weight is 295 g/mol. The molecule has 2 rings (SSSR count). The minimum Gasteiger partial charge on any atom is -0.487 e. The van der Waals surface area contributed by atoms with Gasteiger partial charge in [0.05, 0.1) is 5.02 Å². The van der Waals surface area contributed by atoms with Crippen molar-refractivity contribution >= 4 is 23.2 Å². The van der Waals surface area contributed by atoms with Gasteiger partial charge in [-0.3, -0.25) is 0 Å². The second-order valence-corrected chi connectivity index (χ2v) is 5.23. The van der Waals surface area contributed by atoms with Crippen molar-refractivity contribution in [1.82, 2.24) is 0 Å². The zero-order valence-electron chi connectivity index (χ0n) is 11.0. The van der Waals surface area contributed by atoms with Crippen LogP contribution < -0.4 is 4.74 Å². The highest BCUT2D eigenvalue weighted by Crippen LogP contribution is 2.27. The van der Waals surface area contributed by atoms with E-state index in [0.717, 1.165) is 5.56 Å². The Labute approximate surface area is 124 Å². The lowest BCUT2D eigenvalue weighted by Gasteiger charge is -2.12. The van der Waals surface area contributed by atoms with Gasteiger partial charge < -0.3 is 4.74 Å². The average Bonchev–Trinajstić information content (AvgIpc) is 2.39. The molecule has 0 radical (unpaired) electrons. The van der Waals surface area contributed by atoms with Gasteiger partial charge in [-0.15, -0.1) is 11.6 Å². The fourth-order valence-corrected chi connectivity index (χ4v) is 2.40. The summed E-state index contributed by atoms with van der Waals surface area (Å²) in [4.78, 5) is 0. The van der Waals surface area contributed by atoms with E-state index < -0.39 is 0 Å². The van der Waals surface area contributed by atoms with E-state index in [-0.39, 0.29) is 0 Å². The molecule has 2 aromatic carbocycles. The normalized spacial score (nSPS) is 10.5. The van der Waals surface area contributed by atoms with Gasteiger partial charge in [-0.2, -0.15) is 0 Å². The molecule has 0 fully saturated rings. The number of hydrogen-bond donors (Lipinski definition) is 0. The van der Waals surface area contributed by atoms with Crippen LogP contribution in [0.15, 0.2) is 36.4 Å². The van der Waals surface area contributed by atoms with E-state index in [9.17, 15) is 0 Å². The van der Waals surface area contributed by atoms with Crippen LogP contribution in [0.25, 0.3) is 0 Å². The molecule has 0 aliphatic heterocycles. The van der Waals surface area contributed by atoms with Gasteiger partial charge in [-0.1, -0.05) is 35.9 Å². The third-order valence-electron chi connectivity index (χ3n) is 3.17. The minimum absolute atomic E-state index is 0.455. The van der Waals surface area contributed by atoms with E-state index in [1.807, 2.05) is 18.2 Å². The van der Waals surface area contributed by atoms with Crippen LogP contribution in [-0.4, -0.2) is 0 Å². The lowest BCUT2D eigenvalue weighted by Crippen LogP contribution is -2.01.